The van der Waals surface area contributed by atoms with Crippen molar-refractivity contribution in [3.05, 3.63) is 22.8 Å². The summed E-state index contributed by atoms with van der Waals surface area (Å²) < 4.78 is 9.83. The quantitative estimate of drug-likeness (QED) is 0.579. The van der Waals surface area contributed by atoms with Gasteiger partial charge in [0, 0.05) is 0 Å². The Morgan fingerprint density at radius 2 is 1.86 bits per heavy atom. The van der Waals surface area contributed by atoms with E-state index in [0.29, 0.717) is 18.8 Å². The second-order valence-corrected chi connectivity index (χ2v) is 6.33. The minimum Gasteiger partial charge on any atom is -0.468 e. The Hall–Kier alpha value is -1.58. The van der Waals surface area contributed by atoms with Gasteiger partial charge in [-0.3, -0.25) is 9.59 Å². The summed E-state index contributed by atoms with van der Waals surface area (Å²) in [4.78, 5) is 24.5. The molecule has 0 saturated heterocycles. The number of hydrogen-bond donors (Lipinski definition) is 0. The van der Waals surface area contributed by atoms with E-state index in [-0.39, 0.29) is 0 Å². The molecular formula is C17H22O4. The van der Waals surface area contributed by atoms with Crippen LogP contribution in [0.1, 0.15) is 44.9 Å². The molecule has 0 radical (unpaired) electrons. The van der Waals surface area contributed by atoms with Crippen LogP contribution in [0.4, 0.5) is 0 Å². The molecule has 0 bridgehead atoms. The lowest BCUT2D eigenvalue weighted by Crippen LogP contribution is -2.38. The molecule has 0 aromatic carbocycles. The molecule has 3 aliphatic carbocycles. The number of ether oxygens (including phenoxy) is 2. The lowest BCUT2D eigenvalue weighted by Gasteiger charge is -2.30. The molecule has 21 heavy (non-hydrogen) atoms. The van der Waals surface area contributed by atoms with Crippen LogP contribution in [0.2, 0.25) is 0 Å². The molecule has 3 aliphatic rings. The number of carbonyl (C=O) groups is 2. The third-order valence-electron chi connectivity index (χ3n) is 5.29. The third kappa shape index (κ3) is 2.12. The predicted octanol–water partition coefficient (Wildman–Crippen LogP) is 2.93. The highest BCUT2D eigenvalue weighted by molar-refractivity contribution is 6.02. The number of methoxy groups -OCH3 is 2. The van der Waals surface area contributed by atoms with E-state index in [4.69, 9.17) is 9.47 Å². The van der Waals surface area contributed by atoms with Crippen LogP contribution in [-0.2, 0) is 19.1 Å². The summed E-state index contributed by atoms with van der Waals surface area (Å²) in [7, 11) is 2.68. The molecule has 2 fully saturated rings. The summed E-state index contributed by atoms with van der Waals surface area (Å²) in [5, 5.41) is 0. The van der Waals surface area contributed by atoms with Crippen LogP contribution in [0.3, 0.4) is 0 Å². The monoisotopic (exact) mass is 290 g/mol. The zero-order valence-electron chi connectivity index (χ0n) is 12.7. The molecule has 114 valence electrons. The third-order valence-corrected chi connectivity index (χ3v) is 5.29. The van der Waals surface area contributed by atoms with E-state index in [2.05, 4.69) is 6.08 Å². The zero-order valence-corrected chi connectivity index (χ0v) is 12.7. The molecule has 0 aliphatic heterocycles. The number of fused-ring (bicyclic) bond motifs is 2. The second kappa shape index (κ2) is 5.32. The number of hydrogen-bond acceptors (Lipinski definition) is 4. The number of allylic oxidation sites excluding steroid dienone is 4. The summed E-state index contributed by atoms with van der Waals surface area (Å²) >= 11 is 0. The number of esters is 2. The topological polar surface area (TPSA) is 52.6 Å². The van der Waals surface area contributed by atoms with E-state index < -0.39 is 17.4 Å². The minimum atomic E-state index is -1.16. The Morgan fingerprint density at radius 1 is 1.14 bits per heavy atom. The molecule has 0 N–H and O–H groups in total. The van der Waals surface area contributed by atoms with Crippen LogP contribution in [0.5, 0.6) is 0 Å². The van der Waals surface area contributed by atoms with Crippen molar-refractivity contribution in [2.45, 2.75) is 44.9 Å². The maximum absolute atomic E-state index is 12.3. The first-order valence-electron chi connectivity index (χ1n) is 7.70. The van der Waals surface area contributed by atoms with Gasteiger partial charge in [0.15, 0.2) is 5.41 Å². The molecular weight excluding hydrogens is 268 g/mol. The first-order valence-corrected chi connectivity index (χ1v) is 7.70. The lowest BCUT2D eigenvalue weighted by molar-refractivity contribution is -0.168. The van der Waals surface area contributed by atoms with Crippen molar-refractivity contribution in [1.82, 2.24) is 0 Å². The van der Waals surface area contributed by atoms with Gasteiger partial charge in [-0.25, -0.2) is 0 Å². The Kier molecular flexibility index (Phi) is 3.64. The summed E-state index contributed by atoms with van der Waals surface area (Å²) in [6, 6.07) is 0. The van der Waals surface area contributed by atoms with Crippen molar-refractivity contribution in [1.29, 1.82) is 0 Å². The van der Waals surface area contributed by atoms with Crippen LogP contribution in [0.25, 0.3) is 0 Å². The molecule has 4 nitrogen and oxygen atoms in total. The van der Waals surface area contributed by atoms with Gasteiger partial charge in [-0.2, -0.15) is 0 Å². The fourth-order valence-electron chi connectivity index (χ4n) is 4.21. The molecule has 0 heterocycles. The molecule has 0 aromatic rings. The van der Waals surface area contributed by atoms with Gasteiger partial charge in [-0.1, -0.05) is 18.1 Å². The summed E-state index contributed by atoms with van der Waals surface area (Å²) in [5.41, 5.74) is 2.72. The number of carbonyl (C=O) groups excluding carboxylic acids is 2. The molecule has 4 heteroatoms. The van der Waals surface area contributed by atoms with Crippen molar-refractivity contribution in [2.75, 3.05) is 14.2 Å². The van der Waals surface area contributed by atoms with Crippen molar-refractivity contribution >= 4 is 11.9 Å². The summed E-state index contributed by atoms with van der Waals surface area (Å²) in [6.45, 7) is 0. The minimum absolute atomic E-state index is 0.428. The van der Waals surface area contributed by atoms with Crippen LogP contribution in [0, 0.1) is 11.3 Å². The Morgan fingerprint density at radius 3 is 2.52 bits per heavy atom. The van der Waals surface area contributed by atoms with Gasteiger partial charge in [-0.15, -0.1) is 0 Å². The van der Waals surface area contributed by atoms with Crippen molar-refractivity contribution in [3.8, 4) is 0 Å². The number of rotatable bonds is 2. The van der Waals surface area contributed by atoms with E-state index in [1.807, 2.05) is 0 Å². The summed E-state index contributed by atoms with van der Waals surface area (Å²) in [5.74, 6) is -0.321. The molecule has 2 saturated carbocycles. The average molecular weight is 290 g/mol. The predicted molar refractivity (Wildman–Crippen MR) is 77.4 cm³/mol. The van der Waals surface area contributed by atoms with Crippen LogP contribution in [0.15, 0.2) is 22.8 Å². The summed E-state index contributed by atoms with van der Waals surface area (Å²) in [6.07, 6.45) is 8.98. The highest BCUT2D eigenvalue weighted by Crippen LogP contribution is 2.53. The molecule has 0 amide bonds. The molecule has 1 atom stereocenters. The van der Waals surface area contributed by atoms with E-state index in [1.54, 1.807) is 0 Å². The first kappa shape index (κ1) is 14.4. The van der Waals surface area contributed by atoms with Gasteiger partial charge in [0.05, 0.1) is 14.2 Å². The zero-order chi connectivity index (χ0) is 15.0. The van der Waals surface area contributed by atoms with Crippen LogP contribution < -0.4 is 0 Å². The Labute approximate surface area is 125 Å². The first-order chi connectivity index (χ1) is 10.1. The Balaban J connectivity index is 2.01. The SMILES string of the molecule is COC(=O)C1(C(=O)OC)CC2=CCC3CCCCC3=C2C1. The second-order valence-electron chi connectivity index (χ2n) is 6.33. The van der Waals surface area contributed by atoms with E-state index in [1.165, 1.54) is 50.2 Å². The van der Waals surface area contributed by atoms with Crippen molar-refractivity contribution < 1.29 is 19.1 Å². The largest absolute Gasteiger partial charge is 0.468 e. The van der Waals surface area contributed by atoms with Gasteiger partial charge in [0.1, 0.15) is 0 Å². The molecule has 1 unspecified atom stereocenters. The fraction of sp³-hybridized carbons (Fsp3) is 0.647. The van der Waals surface area contributed by atoms with E-state index in [0.717, 1.165) is 12.8 Å². The van der Waals surface area contributed by atoms with Gasteiger partial charge >= 0.3 is 11.9 Å². The normalized spacial score (nSPS) is 26.6. The lowest BCUT2D eigenvalue weighted by atomic mass is 9.75. The standard InChI is InChI=1S/C17H22O4/c1-20-15(18)17(16(19)21-2)9-12-8-7-11-5-3-4-6-13(11)14(12)10-17/h8,11H,3-7,9-10H2,1-2H3. The van der Waals surface area contributed by atoms with E-state index in [9.17, 15) is 9.59 Å². The van der Waals surface area contributed by atoms with Crippen molar-refractivity contribution in [3.63, 3.8) is 0 Å². The maximum Gasteiger partial charge on any atom is 0.323 e. The highest BCUT2D eigenvalue weighted by Gasteiger charge is 2.55. The fourth-order valence-corrected chi connectivity index (χ4v) is 4.21. The van der Waals surface area contributed by atoms with Gasteiger partial charge < -0.3 is 9.47 Å². The molecule has 3 rings (SSSR count). The smallest absolute Gasteiger partial charge is 0.323 e. The van der Waals surface area contributed by atoms with Crippen molar-refractivity contribution in [2.24, 2.45) is 11.3 Å². The molecule has 0 aromatic heterocycles. The van der Waals surface area contributed by atoms with Gasteiger partial charge in [0.2, 0.25) is 0 Å². The highest BCUT2D eigenvalue weighted by atomic mass is 16.5. The van der Waals surface area contributed by atoms with E-state index >= 15 is 0 Å². The average Bonchev–Trinajstić information content (AvgIpc) is 2.94. The van der Waals surface area contributed by atoms with Crippen LogP contribution in [-0.4, -0.2) is 26.2 Å². The Bertz CT molecular complexity index is 525. The molecule has 0 spiro atoms. The van der Waals surface area contributed by atoms with Crippen LogP contribution >= 0.6 is 0 Å². The maximum atomic E-state index is 12.3. The van der Waals surface area contributed by atoms with Gasteiger partial charge in [-0.05, 0) is 55.6 Å². The van der Waals surface area contributed by atoms with Gasteiger partial charge in [0.25, 0.3) is 0 Å².